The maximum absolute atomic E-state index is 11.3. The molecule has 14 heavy (non-hydrogen) atoms. The summed E-state index contributed by atoms with van der Waals surface area (Å²) in [7, 11) is -3.30. The molecule has 0 aliphatic heterocycles. The Kier molecular flexibility index (Phi) is 7.62. The molecule has 2 N–H and O–H groups in total. The first-order valence-corrected chi connectivity index (χ1v) is 7.57. The van der Waals surface area contributed by atoms with E-state index in [0.717, 1.165) is 18.6 Å². The second-order valence-electron chi connectivity index (χ2n) is 3.13. The van der Waals surface area contributed by atoms with Crippen molar-refractivity contribution in [3.05, 3.63) is 0 Å². The largest absolute Gasteiger partial charge is 0.395 e. The van der Waals surface area contributed by atoms with Gasteiger partial charge < -0.3 is 5.11 Å². The molecule has 0 aliphatic carbocycles. The predicted molar refractivity (Wildman–Crippen MR) is 61.1 cm³/mol. The average molecular weight is 241 g/mol. The lowest BCUT2D eigenvalue weighted by Crippen LogP contribution is -2.35. The van der Waals surface area contributed by atoms with Crippen LogP contribution in [0.4, 0.5) is 0 Å². The fourth-order valence-corrected chi connectivity index (χ4v) is 2.23. The van der Waals surface area contributed by atoms with E-state index in [9.17, 15) is 8.42 Å². The van der Waals surface area contributed by atoms with E-state index < -0.39 is 15.3 Å². The van der Waals surface area contributed by atoms with E-state index >= 15 is 0 Å². The number of aliphatic hydroxyl groups excluding tert-OH is 1. The Morgan fingerprint density at radius 3 is 2.57 bits per heavy atom. The first kappa shape index (κ1) is 14.2. The fourth-order valence-electron chi connectivity index (χ4n) is 0.826. The summed E-state index contributed by atoms with van der Waals surface area (Å²) in [5, 5.41) is 7.97. The van der Waals surface area contributed by atoms with Crippen molar-refractivity contribution in [2.45, 2.75) is 25.0 Å². The average Bonchev–Trinajstić information content (AvgIpc) is 2.16. The molecule has 0 fully saturated rings. The summed E-state index contributed by atoms with van der Waals surface area (Å²) < 4.78 is 25.1. The van der Waals surface area contributed by atoms with Crippen LogP contribution in [-0.4, -0.2) is 43.9 Å². The Balaban J connectivity index is 3.67. The van der Waals surface area contributed by atoms with Crippen LogP contribution in [0, 0.1) is 0 Å². The summed E-state index contributed by atoms with van der Waals surface area (Å²) in [5.74, 6) is 1.05. The van der Waals surface area contributed by atoms with Crippen molar-refractivity contribution < 1.29 is 13.5 Å². The number of unbranched alkanes of at least 4 members (excludes halogenated alkanes) is 1. The number of nitrogens with one attached hydrogen (secondary N) is 1. The van der Waals surface area contributed by atoms with E-state index in [1.54, 1.807) is 11.8 Å². The standard InChI is InChI=1S/C8H19NO3S2/c1-8(7-10)14(11,12)9-5-3-4-6-13-2/h8-10H,3-7H2,1-2H3. The van der Waals surface area contributed by atoms with Crippen molar-refractivity contribution in [3.8, 4) is 0 Å². The summed E-state index contributed by atoms with van der Waals surface area (Å²) in [6.07, 6.45) is 3.88. The van der Waals surface area contributed by atoms with Crippen molar-refractivity contribution >= 4 is 21.8 Å². The highest BCUT2D eigenvalue weighted by atomic mass is 32.2. The van der Waals surface area contributed by atoms with Gasteiger partial charge in [-0.05, 0) is 31.8 Å². The molecule has 0 saturated heterocycles. The van der Waals surface area contributed by atoms with Crippen LogP contribution in [0.25, 0.3) is 0 Å². The van der Waals surface area contributed by atoms with E-state index in [2.05, 4.69) is 4.72 Å². The molecule has 1 unspecified atom stereocenters. The zero-order chi connectivity index (χ0) is 11.0. The Morgan fingerprint density at radius 1 is 1.43 bits per heavy atom. The van der Waals surface area contributed by atoms with Gasteiger partial charge in [0.2, 0.25) is 10.0 Å². The lowest BCUT2D eigenvalue weighted by molar-refractivity contribution is 0.295. The number of hydrogen-bond donors (Lipinski definition) is 2. The van der Waals surface area contributed by atoms with Crippen LogP contribution in [0.3, 0.4) is 0 Å². The monoisotopic (exact) mass is 241 g/mol. The molecule has 0 amide bonds. The van der Waals surface area contributed by atoms with E-state index in [1.165, 1.54) is 6.92 Å². The second-order valence-corrected chi connectivity index (χ2v) is 6.30. The Labute approximate surface area is 90.5 Å². The predicted octanol–water partition coefficient (Wildman–Crippen LogP) is 0.430. The van der Waals surface area contributed by atoms with Gasteiger partial charge in [0.15, 0.2) is 0 Å². The molecule has 0 rings (SSSR count). The highest BCUT2D eigenvalue weighted by Gasteiger charge is 2.18. The summed E-state index contributed by atoms with van der Waals surface area (Å²) in [4.78, 5) is 0. The summed E-state index contributed by atoms with van der Waals surface area (Å²) in [5.41, 5.74) is 0. The van der Waals surface area contributed by atoms with Crippen LogP contribution >= 0.6 is 11.8 Å². The number of sulfonamides is 1. The molecule has 0 heterocycles. The van der Waals surface area contributed by atoms with Gasteiger partial charge in [-0.2, -0.15) is 11.8 Å². The highest BCUT2D eigenvalue weighted by molar-refractivity contribution is 7.98. The van der Waals surface area contributed by atoms with Crippen molar-refractivity contribution in [2.75, 3.05) is 25.2 Å². The minimum Gasteiger partial charge on any atom is -0.395 e. The normalized spacial score (nSPS) is 14.2. The van der Waals surface area contributed by atoms with Crippen molar-refractivity contribution in [1.29, 1.82) is 0 Å². The molecule has 0 saturated carbocycles. The van der Waals surface area contributed by atoms with E-state index in [-0.39, 0.29) is 6.61 Å². The number of thioether (sulfide) groups is 1. The van der Waals surface area contributed by atoms with Crippen LogP contribution in [0.5, 0.6) is 0 Å². The van der Waals surface area contributed by atoms with Gasteiger partial charge in [-0.15, -0.1) is 0 Å². The molecule has 0 bridgehead atoms. The smallest absolute Gasteiger partial charge is 0.216 e. The van der Waals surface area contributed by atoms with Crippen molar-refractivity contribution in [3.63, 3.8) is 0 Å². The van der Waals surface area contributed by atoms with Gasteiger partial charge in [0.25, 0.3) is 0 Å². The van der Waals surface area contributed by atoms with Gasteiger partial charge in [0.1, 0.15) is 0 Å². The molecule has 0 spiro atoms. The van der Waals surface area contributed by atoms with Gasteiger partial charge in [-0.25, -0.2) is 13.1 Å². The number of rotatable bonds is 8. The van der Waals surface area contributed by atoms with E-state index in [4.69, 9.17) is 5.11 Å². The molecule has 1 atom stereocenters. The third-order valence-electron chi connectivity index (χ3n) is 1.87. The van der Waals surface area contributed by atoms with Crippen LogP contribution in [0.15, 0.2) is 0 Å². The Bertz CT molecular complexity index is 229. The third-order valence-corrected chi connectivity index (χ3v) is 4.38. The minimum atomic E-state index is -3.30. The van der Waals surface area contributed by atoms with Crippen LogP contribution in [0.2, 0.25) is 0 Å². The lowest BCUT2D eigenvalue weighted by atomic mass is 10.3. The van der Waals surface area contributed by atoms with Crippen molar-refractivity contribution in [1.82, 2.24) is 4.72 Å². The minimum absolute atomic E-state index is 0.333. The van der Waals surface area contributed by atoms with E-state index in [1.807, 2.05) is 6.26 Å². The molecule has 6 heteroatoms. The SMILES string of the molecule is CSCCCCNS(=O)(=O)C(C)CO. The van der Waals surface area contributed by atoms with Crippen LogP contribution in [-0.2, 0) is 10.0 Å². The molecule has 0 radical (unpaired) electrons. The number of aliphatic hydroxyl groups is 1. The van der Waals surface area contributed by atoms with E-state index in [0.29, 0.717) is 6.54 Å². The van der Waals surface area contributed by atoms with Gasteiger partial charge in [-0.1, -0.05) is 0 Å². The maximum atomic E-state index is 11.3. The molecule has 4 nitrogen and oxygen atoms in total. The molecule has 0 aromatic carbocycles. The van der Waals surface area contributed by atoms with Gasteiger partial charge in [-0.3, -0.25) is 0 Å². The summed E-state index contributed by atoms with van der Waals surface area (Å²) in [6, 6.07) is 0. The molecule has 86 valence electrons. The summed E-state index contributed by atoms with van der Waals surface area (Å²) in [6.45, 7) is 1.62. The quantitative estimate of drug-likeness (QED) is 0.605. The number of hydrogen-bond acceptors (Lipinski definition) is 4. The third kappa shape index (κ3) is 5.85. The fraction of sp³-hybridized carbons (Fsp3) is 1.00. The van der Waals surface area contributed by atoms with Crippen molar-refractivity contribution in [2.24, 2.45) is 0 Å². The highest BCUT2D eigenvalue weighted by Crippen LogP contribution is 2.00. The Hall–Kier alpha value is 0.220. The molecular formula is C8H19NO3S2. The first-order valence-electron chi connectivity index (χ1n) is 4.63. The zero-order valence-corrected chi connectivity index (χ0v) is 10.3. The van der Waals surface area contributed by atoms with Gasteiger partial charge in [0.05, 0.1) is 11.9 Å². The van der Waals surface area contributed by atoms with Crippen LogP contribution < -0.4 is 4.72 Å². The van der Waals surface area contributed by atoms with Gasteiger partial charge >= 0.3 is 0 Å². The summed E-state index contributed by atoms with van der Waals surface area (Å²) >= 11 is 1.75. The first-order chi connectivity index (χ1) is 6.54. The topological polar surface area (TPSA) is 66.4 Å². The lowest BCUT2D eigenvalue weighted by Gasteiger charge is -2.10. The zero-order valence-electron chi connectivity index (χ0n) is 8.69. The molecular weight excluding hydrogens is 222 g/mol. The molecule has 0 aromatic heterocycles. The molecule has 0 aliphatic rings. The van der Waals surface area contributed by atoms with Crippen LogP contribution in [0.1, 0.15) is 19.8 Å². The maximum Gasteiger partial charge on any atom is 0.216 e. The van der Waals surface area contributed by atoms with Gasteiger partial charge in [0, 0.05) is 6.54 Å². The molecule has 0 aromatic rings. The second kappa shape index (κ2) is 7.50. The Morgan fingerprint density at radius 2 is 2.07 bits per heavy atom.